The number of likely N-dealkylation sites (tertiary alicyclic amines) is 1. The van der Waals surface area contributed by atoms with E-state index in [1.165, 1.54) is 11.3 Å². The number of thiophene rings is 1. The molecule has 3 aliphatic rings. The molecule has 4 unspecified atom stereocenters. The third-order valence-electron chi connectivity index (χ3n) is 7.16. The highest BCUT2D eigenvalue weighted by Gasteiger charge is 2.49. The number of benzene rings is 1. The third-order valence-corrected chi connectivity index (χ3v) is 8.14. The molecule has 7 nitrogen and oxygen atoms in total. The van der Waals surface area contributed by atoms with Gasteiger partial charge in [-0.2, -0.15) is 5.26 Å². The Bertz CT molecular complexity index is 1190. The molecule has 2 aromatic rings. The van der Waals surface area contributed by atoms with E-state index in [0.717, 1.165) is 36.9 Å². The summed E-state index contributed by atoms with van der Waals surface area (Å²) in [6.07, 6.45) is 3.74. The minimum Gasteiger partial charge on any atom is -0.338 e. The van der Waals surface area contributed by atoms with Crippen LogP contribution in [0.3, 0.4) is 0 Å². The van der Waals surface area contributed by atoms with E-state index in [9.17, 15) is 19.6 Å². The molecule has 0 spiro atoms. The van der Waals surface area contributed by atoms with E-state index in [0.29, 0.717) is 22.4 Å². The van der Waals surface area contributed by atoms with Gasteiger partial charge in [-0.3, -0.25) is 14.4 Å². The molecule has 1 aromatic heterocycles. The molecule has 1 aliphatic carbocycles. The predicted molar refractivity (Wildman–Crippen MR) is 121 cm³/mol. The first-order chi connectivity index (χ1) is 15.9. The largest absolute Gasteiger partial charge is 0.338 e. The number of nitrogens with zero attached hydrogens (tertiary/aromatic N) is 3. The molecule has 1 N–H and O–H groups in total. The summed E-state index contributed by atoms with van der Waals surface area (Å²) < 4.78 is 15.3. The molecule has 9 heteroatoms. The van der Waals surface area contributed by atoms with Crippen molar-refractivity contribution in [3.8, 4) is 17.2 Å². The molecule has 2 bridgehead atoms. The number of amides is 3. The molecule has 2 fully saturated rings. The molecular formula is C24H23FN4O3S. The first-order valence-corrected chi connectivity index (χ1v) is 11.9. The summed E-state index contributed by atoms with van der Waals surface area (Å²) in [6.45, 7) is 0. The van der Waals surface area contributed by atoms with Crippen LogP contribution in [0.4, 0.5) is 10.1 Å². The second-order valence-corrected chi connectivity index (χ2v) is 9.94. The Kier molecular flexibility index (Phi) is 5.41. The number of carbonyl (C=O) groups excluding carboxylic acids is 3. The second kappa shape index (κ2) is 8.27. The number of rotatable bonds is 6. The number of hydrogen-bond acceptors (Lipinski definition) is 5. The number of anilines is 1. The van der Waals surface area contributed by atoms with Gasteiger partial charge in [0.1, 0.15) is 17.9 Å². The maximum atomic E-state index is 15.3. The van der Waals surface area contributed by atoms with Crippen LogP contribution in [0.25, 0.3) is 11.1 Å². The molecular weight excluding hydrogens is 443 g/mol. The number of carbonyl (C=O) groups is 3. The van der Waals surface area contributed by atoms with Crippen molar-refractivity contribution in [1.29, 1.82) is 5.26 Å². The van der Waals surface area contributed by atoms with Crippen LogP contribution in [0.5, 0.6) is 0 Å². The van der Waals surface area contributed by atoms with E-state index in [2.05, 4.69) is 11.4 Å². The number of hydrogen-bond donors (Lipinski definition) is 1. The number of nitrogens with one attached hydrogen (secondary N) is 1. The summed E-state index contributed by atoms with van der Waals surface area (Å²) in [4.78, 5) is 39.8. The third kappa shape index (κ3) is 3.59. The molecule has 170 valence electrons. The van der Waals surface area contributed by atoms with Crippen molar-refractivity contribution in [2.75, 3.05) is 11.9 Å². The second-order valence-electron chi connectivity index (χ2n) is 8.98. The van der Waals surface area contributed by atoms with E-state index in [4.69, 9.17) is 0 Å². The summed E-state index contributed by atoms with van der Waals surface area (Å²) in [5, 5.41) is 14.0. The van der Waals surface area contributed by atoms with Crippen molar-refractivity contribution >= 4 is 35.2 Å². The molecule has 1 saturated carbocycles. The number of likely N-dealkylation sites (N-methyl/N-ethyl adjacent to an activating group) is 1. The quantitative estimate of drug-likeness (QED) is 0.663. The Morgan fingerprint density at radius 2 is 2.24 bits per heavy atom. The van der Waals surface area contributed by atoms with Crippen molar-refractivity contribution < 1.29 is 18.8 Å². The van der Waals surface area contributed by atoms with Crippen molar-refractivity contribution in [2.24, 2.45) is 5.92 Å². The lowest BCUT2D eigenvalue weighted by Gasteiger charge is -2.31. The molecule has 2 aliphatic heterocycles. The Labute approximate surface area is 194 Å². The van der Waals surface area contributed by atoms with Crippen LogP contribution >= 0.6 is 11.3 Å². The van der Waals surface area contributed by atoms with E-state index in [1.54, 1.807) is 28.3 Å². The highest BCUT2D eigenvalue weighted by molar-refractivity contribution is 7.10. The summed E-state index contributed by atoms with van der Waals surface area (Å²) >= 11 is 1.20. The topological polar surface area (TPSA) is 93.5 Å². The lowest BCUT2D eigenvalue weighted by Crippen LogP contribution is -2.52. The van der Waals surface area contributed by atoms with Crippen molar-refractivity contribution in [1.82, 2.24) is 10.2 Å². The Morgan fingerprint density at radius 1 is 1.42 bits per heavy atom. The molecule has 3 heterocycles. The number of halogens is 1. The average molecular weight is 467 g/mol. The van der Waals surface area contributed by atoms with E-state index in [-0.39, 0.29) is 30.2 Å². The molecule has 33 heavy (non-hydrogen) atoms. The van der Waals surface area contributed by atoms with Crippen LogP contribution in [0.15, 0.2) is 23.6 Å². The zero-order valence-electron chi connectivity index (χ0n) is 18.1. The van der Waals surface area contributed by atoms with Gasteiger partial charge in [0.2, 0.25) is 18.2 Å². The van der Waals surface area contributed by atoms with Crippen molar-refractivity contribution in [3.63, 3.8) is 0 Å². The molecule has 1 saturated heterocycles. The van der Waals surface area contributed by atoms with Crippen LogP contribution in [0.1, 0.15) is 29.7 Å². The fourth-order valence-corrected chi connectivity index (χ4v) is 6.39. The summed E-state index contributed by atoms with van der Waals surface area (Å²) in [5.74, 6) is -0.639. The highest BCUT2D eigenvalue weighted by Crippen LogP contribution is 2.41. The summed E-state index contributed by atoms with van der Waals surface area (Å²) in [5.41, 5.74) is 2.77. The summed E-state index contributed by atoms with van der Waals surface area (Å²) in [6, 6.07) is 6.17. The fourth-order valence-electron chi connectivity index (χ4n) is 5.42. The van der Waals surface area contributed by atoms with E-state index >= 15 is 4.39 Å². The molecule has 4 atom stereocenters. The number of fused-ring (bicyclic) bond motifs is 3. The van der Waals surface area contributed by atoms with Gasteiger partial charge in [-0.25, -0.2) is 4.39 Å². The maximum Gasteiger partial charge on any atom is 0.244 e. The molecule has 3 amide bonds. The standard InChI is InChI=1S/C24H23FN4O3S/c1-28-19-7-13(2-3-14(19)8-21(28)31)18-11-33-20(22(18)25)9-16(10-26)27-24(32)23-15-4-5-17(6-15)29(23)12-30/h2-3,7,11-12,15-17,23H,4-6,8-9H2,1H3,(H,27,32). The Hall–Kier alpha value is -3.25. The van der Waals surface area contributed by atoms with Gasteiger partial charge in [-0.05, 0) is 42.4 Å². The van der Waals surface area contributed by atoms with E-state index in [1.807, 2.05) is 12.1 Å². The lowest BCUT2D eigenvalue weighted by atomic mass is 9.97. The predicted octanol–water partition coefficient (Wildman–Crippen LogP) is 2.63. The smallest absolute Gasteiger partial charge is 0.244 e. The zero-order chi connectivity index (χ0) is 23.3. The minimum absolute atomic E-state index is 0.00450. The molecule has 0 radical (unpaired) electrons. The Morgan fingerprint density at radius 3 is 3.00 bits per heavy atom. The zero-order valence-corrected chi connectivity index (χ0v) is 18.9. The van der Waals surface area contributed by atoms with Crippen molar-refractivity contribution in [3.05, 3.63) is 39.8 Å². The normalized spacial score (nSPS) is 24.0. The van der Waals surface area contributed by atoms with Crippen LogP contribution in [-0.2, 0) is 27.2 Å². The van der Waals surface area contributed by atoms with Gasteiger partial charge >= 0.3 is 0 Å². The Balaban J connectivity index is 1.31. The van der Waals surface area contributed by atoms with Gasteiger partial charge in [0.25, 0.3) is 0 Å². The first-order valence-electron chi connectivity index (χ1n) is 11.0. The highest BCUT2D eigenvalue weighted by atomic mass is 32.1. The van der Waals surface area contributed by atoms with Gasteiger partial charge < -0.3 is 15.1 Å². The fraction of sp³-hybridized carbons (Fsp3) is 0.417. The van der Waals surface area contributed by atoms with Crippen molar-refractivity contribution in [2.45, 2.75) is 50.2 Å². The average Bonchev–Trinajstić information content (AvgIpc) is 3.57. The summed E-state index contributed by atoms with van der Waals surface area (Å²) in [7, 11) is 1.70. The lowest BCUT2D eigenvalue weighted by molar-refractivity contribution is -0.135. The van der Waals surface area contributed by atoms with E-state index < -0.39 is 17.9 Å². The van der Waals surface area contributed by atoms with Gasteiger partial charge in [0, 0.05) is 41.0 Å². The first kappa shape index (κ1) is 21.6. The number of nitriles is 1. The monoisotopic (exact) mass is 466 g/mol. The molecule has 5 rings (SSSR count). The minimum atomic E-state index is -0.894. The van der Waals surface area contributed by atoms with Gasteiger partial charge in [-0.1, -0.05) is 12.1 Å². The van der Waals surface area contributed by atoms with Gasteiger partial charge in [0.15, 0.2) is 0 Å². The number of piperidine rings is 1. The SMILES string of the molecule is CN1C(=O)Cc2ccc(-c3csc(CC(C#N)NC(=O)C4C5CCC(C5)N4C=O)c3F)cc21. The van der Waals surface area contributed by atoms with Gasteiger partial charge in [0.05, 0.1) is 12.5 Å². The molecule has 1 aromatic carbocycles. The van der Waals surface area contributed by atoms with Crippen LogP contribution in [0, 0.1) is 23.1 Å². The van der Waals surface area contributed by atoms with Gasteiger partial charge in [-0.15, -0.1) is 11.3 Å². The van der Waals surface area contributed by atoms with Crippen LogP contribution < -0.4 is 10.2 Å². The van der Waals surface area contributed by atoms with Crippen LogP contribution in [0.2, 0.25) is 0 Å². The van der Waals surface area contributed by atoms with Crippen LogP contribution in [-0.4, -0.2) is 48.3 Å². The maximum absolute atomic E-state index is 15.3.